The normalized spacial score (nSPS) is 11.3. The highest BCUT2D eigenvalue weighted by Crippen LogP contribution is 2.27. The fourth-order valence-corrected chi connectivity index (χ4v) is 3.79. The molecule has 3 heterocycles. The zero-order valence-electron chi connectivity index (χ0n) is 15.7. The lowest BCUT2D eigenvalue weighted by atomic mass is 10.2. The highest BCUT2D eigenvalue weighted by Gasteiger charge is 2.17. The maximum atomic E-state index is 6.16. The third-order valence-corrected chi connectivity index (χ3v) is 5.49. The Morgan fingerprint density at radius 1 is 1.12 bits per heavy atom. The van der Waals surface area contributed by atoms with Gasteiger partial charge < -0.3 is 10.3 Å². The summed E-state index contributed by atoms with van der Waals surface area (Å²) in [5.41, 5.74) is 10.3. The van der Waals surface area contributed by atoms with Gasteiger partial charge >= 0.3 is 0 Å². The van der Waals surface area contributed by atoms with E-state index in [1.54, 1.807) is 24.2 Å². The van der Waals surface area contributed by atoms with Gasteiger partial charge in [-0.1, -0.05) is 25.1 Å². The number of nitrogens with zero attached hydrogens (tertiary/aromatic N) is 5. The third kappa shape index (κ3) is 3.98. The van der Waals surface area contributed by atoms with Gasteiger partial charge in [0, 0.05) is 36.8 Å². The first-order chi connectivity index (χ1) is 12.6. The SMILES string of the molecule is CCCCc1nc2c(N)nc(C)c(C)c2n1CCCSc1ncccn1. The van der Waals surface area contributed by atoms with Gasteiger partial charge in [-0.15, -0.1) is 0 Å². The van der Waals surface area contributed by atoms with Gasteiger partial charge in [-0.3, -0.25) is 0 Å². The van der Waals surface area contributed by atoms with Gasteiger partial charge in [-0.2, -0.15) is 0 Å². The zero-order valence-corrected chi connectivity index (χ0v) is 16.5. The molecular formula is C19H26N6S. The van der Waals surface area contributed by atoms with Gasteiger partial charge in [0.2, 0.25) is 0 Å². The summed E-state index contributed by atoms with van der Waals surface area (Å²) in [6, 6.07) is 1.84. The lowest BCUT2D eigenvalue weighted by Gasteiger charge is -2.11. The molecular weight excluding hydrogens is 344 g/mol. The number of rotatable bonds is 8. The van der Waals surface area contributed by atoms with Gasteiger partial charge in [0.05, 0.1) is 5.52 Å². The summed E-state index contributed by atoms with van der Waals surface area (Å²) in [4.78, 5) is 17.8. The minimum Gasteiger partial charge on any atom is -0.382 e. The highest BCUT2D eigenvalue weighted by atomic mass is 32.2. The second-order valence-electron chi connectivity index (χ2n) is 6.42. The highest BCUT2D eigenvalue weighted by molar-refractivity contribution is 7.99. The average Bonchev–Trinajstić information content (AvgIpc) is 3.01. The molecule has 2 N–H and O–H groups in total. The molecule has 0 spiro atoms. The number of fused-ring (bicyclic) bond motifs is 1. The number of hydrogen-bond acceptors (Lipinski definition) is 6. The number of unbranched alkanes of at least 4 members (excludes halogenated alkanes) is 1. The van der Waals surface area contributed by atoms with Crippen molar-refractivity contribution in [3.8, 4) is 0 Å². The van der Waals surface area contributed by atoms with Crippen LogP contribution in [0.15, 0.2) is 23.6 Å². The first-order valence-corrected chi connectivity index (χ1v) is 10.1. The molecule has 0 radical (unpaired) electrons. The van der Waals surface area contributed by atoms with E-state index in [2.05, 4.69) is 33.4 Å². The maximum Gasteiger partial charge on any atom is 0.187 e. The Balaban J connectivity index is 1.82. The van der Waals surface area contributed by atoms with E-state index in [1.807, 2.05) is 13.0 Å². The van der Waals surface area contributed by atoms with Gasteiger partial charge in [0.15, 0.2) is 11.0 Å². The molecule has 138 valence electrons. The van der Waals surface area contributed by atoms with Crippen LogP contribution >= 0.6 is 11.8 Å². The van der Waals surface area contributed by atoms with Crippen LogP contribution in [0.5, 0.6) is 0 Å². The number of nitrogen functional groups attached to an aromatic ring is 1. The fraction of sp³-hybridized carbons (Fsp3) is 0.474. The van der Waals surface area contributed by atoms with Crippen molar-refractivity contribution < 1.29 is 0 Å². The predicted octanol–water partition coefficient (Wildman–Crippen LogP) is 3.95. The largest absolute Gasteiger partial charge is 0.382 e. The number of aryl methyl sites for hydroxylation is 4. The van der Waals surface area contributed by atoms with Crippen LogP contribution in [0.3, 0.4) is 0 Å². The van der Waals surface area contributed by atoms with E-state index in [0.717, 1.165) is 65.7 Å². The number of imidazole rings is 1. The minimum absolute atomic E-state index is 0.534. The molecule has 0 saturated carbocycles. The van der Waals surface area contributed by atoms with Crippen LogP contribution in [0.1, 0.15) is 43.3 Å². The second-order valence-corrected chi connectivity index (χ2v) is 7.48. The van der Waals surface area contributed by atoms with Crippen LogP contribution in [0, 0.1) is 13.8 Å². The zero-order chi connectivity index (χ0) is 18.5. The van der Waals surface area contributed by atoms with Crippen LogP contribution in [0.25, 0.3) is 11.0 Å². The van der Waals surface area contributed by atoms with E-state index in [9.17, 15) is 0 Å². The Morgan fingerprint density at radius 2 is 1.88 bits per heavy atom. The Labute approximate surface area is 158 Å². The van der Waals surface area contributed by atoms with Crippen molar-refractivity contribution in [2.75, 3.05) is 11.5 Å². The molecule has 0 atom stereocenters. The molecule has 0 unspecified atom stereocenters. The van der Waals surface area contributed by atoms with Crippen LogP contribution in [0.4, 0.5) is 5.82 Å². The molecule has 7 heteroatoms. The van der Waals surface area contributed by atoms with Crippen molar-refractivity contribution in [3.05, 3.63) is 35.5 Å². The van der Waals surface area contributed by atoms with Crippen molar-refractivity contribution in [1.82, 2.24) is 24.5 Å². The van der Waals surface area contributed by atoms with E-state index < -0.39 is 0 Å². The smallest absolute Gasteiger partial charge is 0.187 e. The molecule has 3 aromatic heterocycles. The van der Waals surface area contributed by atoms with Crippen LogP contribution in [-0.2, 0) is 13.0 Å². The van der Waals surface area contributed by atoms with Crippen molar-refractivity contribution >= 4 is 28.6 Å². The van der Waals surface area contributed by atoms with E-state index in [-0.39, 0.29) is 0 Å². The third-order valence-electron chi connectivity index (χ3n) is 4.53. The number of aromatic nitrogens is 5. The molecule has 0 fully saturated rings. The lowest BCUT2D eigenvalue weighted by Crippen LogP contribution is -2.07. The van der Waals surface area contributed by atoms with Crippen molar-refractivity contribution in [3.63, 3.8) is 0 Å². The summed E-state index contributed by atoms with van der Waals surface area (Å²) in [6.45, 7) is 7.24. The molecule has 3 aromatic rings. The summed E-state index contributed by atoms with van der Waals surface area (Å²) < 4.78 is 2.35. The Kier molecular flexibility index (Phi) is 6.08. The van der Waals surface area contributed by atoms with Crippen molar-refractivity contribution in [2.24, 2.45) is 0 Å². The Bertz CT molecular complexity index is 875. The van der Waals surface area contributed by atoms with Gasteiger partial charge in [-0.25, -0.2) is 19.9 Å². The van der Waals surface area contributed by atoms with Crippen LogP contribution < -0.4 is 5.73 Å². The van der Waals surface area contributed by atoms with E-state index >= 15 is 0 Å². The molecule has 0 aliphatic carbocycles. The summed E-state index contributed by atoms with van der Waals surface area (Å²) in [5.74, 6) is 2.62. The van der Waals surface area contributed by atoms with E-state index in [0.29, 0.717) is 5.82 Å². The Hall–Kier alpha value is -2.15. The average molecular weight is 371 g/mol. The van der Waals surface area contributed by atoms with Gasteiger partial charge in [0.1, 0.15) is 11.3 Å². The van der Waals surface area contributed by atoms with Crippen LogP contribution in [0.2, 0.25) is 0 Å². The van der Waals surface area contributed by atoms with Gasteiger partial charge in [0.25, 0.3) is 0 Å². The first-order valence-electron chi connectivity index (χ1n) is 9.13. The number of hydrogen-bond donors (Lipinski definition) is 1. The molecule has 0 bridgehead atoms. The molecule has 0 saturated heterocycles. The lowest BCUT2D eigenvalue weighted by molar-refractivity contribution is 0.635. The van der Waals surface area contributed by atoms with E-state index in [4.69, 9.17) is 10.7 Å². The number of pyridine rings is 1. The molecule has 0 aliphatic rings. The number of nitrogens with two attached hydrogens (primary N) is 1. The fourth-order valence-electron chi connectivity index (χ4n) is 3.06. The summed E-state index contributed by atoms with van der Waals surface area (Å²) in [6.07, 6.45) is 7.83. The van der Waals surface area contributed by atoms with E-state index in [1.165, 1.54) is 5.56 Å². The summed E-state index contributed by atoms with van der Waals surface area (Å²) >= 11 is 1.69. The standard InChI is InChI=1S/C19H26N6S/c1-4-5-8-15-24-16-17(13(2)14(3)23-18(16)20)25(15)11-7-12-26-19-21-9-6-10-22-19/h6,9-10H,4-5,7-8,11-12H2,1-3H3,(H2,20,23). The molecule has 6 nitrogen and oxygen atoms in total. The number of thioether (sulfide) groups is 1. The molecule has 0 amide bonds. The predicted molar refractivity (Wildman–Crippen MR) is 107 cm³/mol. The number of anilines is 1. The van der Waals surface area contributed by atoms with Crippen LogP contribution in [-0.4, -0.2) is 30.3 Å². The summed E-state index contributed by atoms with van der Waals surface area (Å²) in [7, 11) is 0. The second kappa shape index (κ2) is 8.49. The van der Waals surface area contributed by atoms with Gasteiger partial charge in [-0.05, 0) is 38.3 Å². The molecule has 26 heavy (non-hydrogen) atoms. The quantitative estimate of drug-likeness (QED) is 0.367. The maximum absolute atomic E-state index is 6.16. The topological polar surface area (TPSA) is 82.5 Å². The first kappa shape index (κ1) is 18.6. The Morgan fingerprint density at radius 3 is 2.62 bits per heavy atom. The molecule has 0 aliphatic heterocycles. The monoisotopic (exact) mass is 370 g/mol. The summed E-state index contributed by atoms with van der Waals surface area (Å²) in [5, 5.41) is 0.828. The minimum atomic E-state index is 0.534. The van der Waals surface area contributed by atoms with Crippen molar-refractivity contribution in [1.29, 1.82) is 0 Å². The van der Waals surface area contributed by atoms with Crippen molar-refractivity contribution in [2.45, 2.75) is 58.2 Å². The molecule has 0 aromatic carbocycles. The molecule has 3 rings (SSSR count).